The Morgan fingerprint density at radius 3 is 2.75 bits per heavy atom. The number of halogens is 1. The standard InChI is InChI=1S/C19H16FN7O/c1-13-23-18(25-27(13)17-7-5-15(20)6-8-17)19(28)24-16-4-2-3-14(9-16)10-26-12-21-11-22-26/h2-9,11-12H,10H2,1H3,(H,24,28). The molecule has 0 unspecified atom stereocenters. The number of hydrogen-bond donors (Lipinski definition) is 1. The maximum Gasteiger partial charge on any atom is 0.295 e. The molecule has 0 spiro atoms. The summed E-state index contributed by atoms with van der Waals surface area (Å²) in [4.78, 5) is 20.7. The van der Waals surface area contributed by atoms with E-state index in [4.69, 9.17) is 0 Å². The second-order valence-electron chi connectivity index (χ2n) is 6.12. The van der Waals surface area contributed by atoms with E-state index in [0.717, 1.165) is 5.56 Å². The summed E-state index contributed by atoms with van der Waals surface area (Å²) < 4.78 is 16.3. The largest absolute Gasteiger partial charge is 0.319 e. The fourth-order valence-corrected chi connectivity index (χ4v) is 2.75. The maximum absolute atomic E-state index is 13.1. The molecule has 2 aromatic carbocycles. The molecule has 8 nitrogen and oxygen atoms in total. The minimum atomic E-state index is -0.429. The molecule has 4 aromatic rings. The van der Waals surface area contributed by atoms with Gasteiger partial charge < -0.3 is 5.32 Å². The molecule has 0 aliphatic heterocycles. The van der Waals surface area contributed by atoms with Crippen LogP contribution >= 0.6 is 0 Å². The zero-order valence-electron chi connectivity index (χ0n) is 15.0. The first kappa shape index (κ1) is 17.5. The Labute approximate surface area is 159 Å². The smallest absolute Gasteiger partial charge is 0.295 e. The van der Waals surface area contributed by atoms with Gasteiger partial charge in [0.1, 0.15) is 24.3 Å². The van der Waals surface area contributed by atoms with Crippen LogP contribution in [0.1, 0.15) is 22.0 Å². The van der Waals surface area contributed by atoms with Gasteiger partial charge in [0.2, 0.25) is 5.82 Å². The van der Waals surface area contributed by atoms with E-state index in [1.807, 2.05) is 18.2 Å². The van der Waals surface area contributed by atoms with Gasteiger partial charge >= 0.3 is 0 Å². The van der Waals surface area contributed by atoms with Crippen LogP contribution in [0.5, 0.6) is 0 Å². The highest BCUT2D eigenvalue weighted by molar-refractivity contribution is 6.01. The van der Waals surface area contributed by atoms with Crippen molar-refractivity contribution in [2.75, 3.05) is 5.32 Å². The summed E-state index contributed by atoms with van der Waals surface area (Å²) >= 11 is 0. The number of amides is 1. The lowest BCUT2D eigenvalue weighted by Crippen LogP contribution is -2.14. The van der Waals surface area contributed by atoms with Crippen molar-refractivity contribution in [3.05, 3.63) is 84.2 Å². The molecular weight excluding hydrogens is 361 g/mol. The van der Waals surface area contributed by atoms with Crippen LogP contribution < -0.4 is 5.32 Å². The summed E-state index contributed by atoms with van der Waals surface area (Å²) in [7, 11) is 0. The van der Waals surface area contributed by atoms with Crippen LogP contribution in [-0.2, 0) is 6.54 Å². The zero-order valence-corrected chi connectivity index (χ0v) is 15.0. The Morgan fingerprint density at radius 2 is 2.00 bits per heavy atom. The number of aromatic nitrogens is 6. The van der Waals surface area contributed by atoms with Crippen LogP contribution in [0.3, 0.4) is 0 Å². The molecule has 0 radical (unpaired) electrons. The lowest BCUT2D eigenvalue weighted by atomic mass is 10.2. The van der Waals surface area contributed by atoms with Gasteiger partial charge in [-0.3, -0.25) is 4.79 Å². The van der Waals surface area contributed by atoms with Crippen LogP contribution in [0.2, 0.25) is 0 Å². The van der Waals surface area contributed by atoms with E-state index >= 15 is 0 Å². The fourth-order valence-electron chi connectivity index (χ4n) is 2.75. The quantitative estimate of drug-likeness (QED) is 0.577. The molecule has 140 valence electrons. The Balaban J connectivity index is 1.51. The number of carbonyl (C=O) groups excluding carboxylic acids is 1. The average molecular weight is 377 g/mol. The van der Waals surface area contributed by atoms with Gasteiger partial charge in [-0.2, -0.15) is 5.10 Å². The monoisotopic (exact) mass is 377 g/mol. The summed E-state index contributed by atoms with van der Waals surface area (Å²) in [6.45, 7) is 2.27. The summed E-state index contributed by atoms with van der Waals surface area (Å²) in [5.41, 5.74) is 2.21. The number of nitrogens with zero attached hydrogens (tertiary/aromatic N) is 6. The van der Waals surface area contributed by atoms with E-state index in [9.17, 15) is 9.18 Å². The van der Waals surface area contributed by atoms with Crippen molar-refractivity contribution in [2.45, 2.75) is 13.5 Å². The number of anilines is 1. The molecule has 0 saturated heterocycles. The van der Waals surface area contributed by atoms with Crippen LogP contribution in [0.25, 0.3) is 5.69 Å². The van der Waals surface area contributed by atoms with E-state index in [0.29, 0.717) is 23.7 Å². The molecule has 0 saturated carbocycles. The van der Waals surface area contributed by atoms with Crippen LogP contribution in [0, 0.1) is 12.7 Å². The summed E-state index contributed by atoms with van der Waals surface area (Å²) in [5.74, 6) is -0.215. The molecule has 0 aliphatic rings. The first-order chi connectivity index (χ1) is 13.6. The summed E-state index contributed by atoms with van der Waals surface area (Å²) in [6, 6.07) is 13.2. The van der Waals surface area contributed by atoms with Crippen molar-refractivity contribution < 1.29 is 9.18 Å². The molecule has 2 heterocycles. The number of hydrogen-bond acceptors (Lipinski definition) is 5. The lowest BCUT2D eigenvalue weighted by molar-refractivity contribution is 0.101. The molecule has 2 aromatic heterocycles. The minimum Gasteiger partial charge on any atom is -0.319 e. The second-order valence-corrected chi connectivity index (χ2v) is 6.12. The van der Waals surface area contributed by atoms with Gasteiger partial charge in [0.05, 0.1) is 12.2 Å². The van der Waals surface area contributed by atoms with Crippen molar-refractivity contribution in [3.63, 3.8) is 0 Å². The fraction of sp³-hybridized carbons (Fsp3) is 0.105. The minimum absolute atomic E-state index is 0.0310. The lowest BCUT2D eigenvalue weighted by Gasteiger charge is -2.06. The highest BCUT2D eigenvalue weighted by Gasteiger charge is 2.15. The van der Waals surface area contributed by atoms with Gasteiger partial charge in [-0.05, 0) is 48.9 Å². The van der Waals surface area contributed by atoms with Gasteiger partial charge in [-0.1, -0.05) is 12.1 Å². The Kier molecular flexibility index (Phi) is 4.63. The van der Waals surface area contributed by atoms with E-state index in [2.05, 4.69) is 25.5 Å². The Bertz CT molecular complexity index is 1100. The SMILES string of the molecule is Cc1nc(C(=O)Nc2cccc(Cn3cncn3)c2)nn1-c1ccc(F)cc1. The predicted molar refractivity (Wildman–Crippen MR) is 99.6 cm³/mol. The van der Waals surface area contributed by atoms with Crippen LogP contribution in [0.15, 0.2) is 61.2 Å². The van der Waals surface area contributed by atoms with E-state index < -0.39 is 5.91 Å². The third kappa shape index (κ3) is 3.78. The van der Waals surface area contributed by atoms with Crippen molar-refractivity contribution in [1.29, 1.82) is 0 Å². The molecule has 0 bridgehead atoms. The number of benzene rings is 2. The van der Waals surface area contributed by atoms with Crippen molar-refractivity contribution in [1.82, 2.24) is 29.5 Å². The van der Waals surface area contributed by atoms with Crippen molar-refractivity contribution in [2.24, 2.45) is 0 Å². The molecule has 1 N–H and O–H groups in total. The van der Waals surface area contributed by atoms with Gasteiger partial charge in [0, 0.05) is 5.69 Å². The zero-order chi connectivity index (χ0) is 19.5. The molecule has 28 heavy (non-hydrogen) atoms. The van der Waals surface area contributed by atoms with Gasteiger partial charge in [-0.25, -0.2) is 23.7 Å². The summed E-state index contributed by atoms with van der Waals surface area (Å²) in [5, 5.41) is 11.1. The van der Waals surface area contributed by atoms with Crippen LogP contribution in [0.4, 0.5) is 10.1 Å². The van der Waals surface area contributed by atoms with Crippen molar-refractivity contribution >= 4 is 11.6 Å². The Hall–Kier alpha value is -3.88. The predicted octanol–water partition coefficient (Wildman–Crippen LogP) is 2.61. The average Bonchev–Trinajstić information content (AvgIpc) is 3.32. The molecular formula is C19H16FN7O. The second kappa shape index (κ2) is 7.39. The number of nitrogens with one attached hydrogen (secondary N) is 1. The first-order valence-electron chi connectivity index (χ1n) is 8.51. The topological polar surface area (TPSA) is 90.5 Å². The maximum atomic E-state index is 13.1. The third-order valence-corrected chi connectivity index (χ3v) is 4.04. The van der Waals surface area contributed by atoms with E-state index in [1.54, 1.807) is 36.1 Å². The molecule has 1 amide bonds. The Morgan fingerprint density at radius 1 is 1.18 bits per heavy atom. The highest BCUT2D eigenvalue weighted by atomic mass is 19.1. The molecule has 9 heteroatoms. The van der Waals surface area contributed by atoms with Gasteiger partial charge in [0.25, 0.3) is 5.91 Å². The molecule has 0 atom stereocenters. The van der Waals surface area contributed by atoms with Crippen LogP contribution in [-0.4, -0.2) is 35.4 Å². The third-order valence-electron chi connectivity index (χ3n) is 4.04. The molecule has 0 fully saturated rings. The molecule has 4 rings (SSSR count). The number of rotatable bonds is 5. The summed E-state index contributed by atoms with van der Waals surface area (Å²) in [6.07, 6.45) is 3.09. The van der Waals surface area contributed by atoms with Crippen molar-refractivity contribution in [3.8, 4) is 5.69 Å². The number of carbonyl (C=O) groups is 1. The van der Waals surface area contributed by atoms with Gasteiger partial charge in [0.15, 0.2) is 0 Å². The van der Waals surface area contributed by atoms with E-state index in [-0.39, 0.29) is 11.6 Å². The highest BCUT2D eigenvalue weighted by Crippen LogP contribution is 2.14. The molecule has 0 aliphatic carbocycles. The van der Waals surface area contributed by atoms with E-state index in [1.165, 1.54) is 23.1 Å². The normalized spacial score (nSPS) is 10.8. The number of aryl methyl sites for hydroxylation is 1. The first-order valence-corrected chi connectivity index (χ1v) is 8.51. The van der Waals surface area contributed by atoms with Gasteiger partial charge in [-0.15, -0.1) is 5.10 Å².